The van der Waals surface area contributed by atoms with E-state index in [0.29, 0.717) is 13.1 Å². The van der Waals surface area contributed by atoms with E-state index in [9.17, 15) is 4.79 Å². The van der Waals surface area contributed by atoms with Crippen LogP contribution < -0.4 is 11.5 Å². The van der Waals surface area contributed by atoms with Crippen molar-refractivity contribution >= 4 is 5.78 Å². The monoisotopic (exact) mass is 158 g/mol. The van der Waals surface area contributed by atoms with Gasteiger partial charge in [0.05, 0.1) is 0 Å². The first-order valence-electron chi connectivity index (χ1n) is 4.13. The van der Waals surface area contributed by atoms with E-state index in [1.165, 1.54) is 0 Å². The van der Waals surface area contributed by atoms with Gasteiger partial charge >= 0.3 is 0 Å². The van der Waals surface area contributed by atoms with Crippen molar-refractivity contribution < 1.29 is 4.79 Å². The molecule has 0 aromatic heterocycles. The average Bonchev–Trinajstić information content (AvgIpc) is 1.97. The second kappa shape index (κ2) is 6.31. The van der Waals surface area contributed by atoms with Gasteiger partial charge in [0.15, 0.2) is 0 Å². The van der Waals surface area contributed by atoms with Gasteiger partial charge in [0.1, 0.15) is 5.78 Å². The molecule has 0 aliphatic carbocycles. The van der Waals surface area contributed by atoms with Crippen molar-refractivity contribution in [3.63, 3.8) is 0 Å². The molecule has 0 saturated heterocycles. The Kier molecular flexibility index (Phi) is 6.07. The zero-order valence-corrected chi connectivity index (χ0v) is 7.18. The number of hydrogen-bond acceptors (Lipinski definition) is 3. The lowest BCUT2D eigenvalue weighted by atomic mass is 9.96. The van der Waals surface area contributed by atoms with Crippen LogP contribution in [0.15, 0.2) is 0 Å². The van der Waals surface area contributed by atoms with Crippen molar-refractivity contribution in [1.82, 2.24) is 0 Å². The zero-order valence-electron chi connectivity index (χ0n) is 7.18. The molecule has 1 unspecified atom stereocenters. The molecule has 0 aliphatic heterocycles. The Labute approximate surface area is 68.1 Å². The Bertz CT molecular complexity index is 115. The number of hydrogen-bond donors (Lipinski definition) is 2. The fourth-order valence-corrected chi connectivity index (χ4v) is 1.12. The molecule has 11 heavy (non-hydrogen) atoms. The van der Waals surface area contributed by atoms with E-state index in [0.717, 1.165) is 19.3 Å². The largest absolute Gasteiger partial charge is 0.330 e. The van der Waals surface area contributed by atoms with E-state index in [4.69, 9.17) is 11.5 Å². The molecule has 0 aliphatic rings. The summed E-state index contributed by atoms with van der Waals surface area (Å²) in [5, 5.41) is 0. The SMILES string of the molecule is CC(=O)C(CCN)CCCN. The van der Waals surface area contributed by atoms with Gasteiger partial charge in [0.25, 0.3) is 0 Å². The molecule has 0 saturated carbocycles. The van der Waals surface area contributed by atoms with Crippen molar-refractivity contribution in [3.8, 4) is 0 Å². The quantitative estimate of drug-likeness (QED) is 0.583. The fraction of sp³-hybridized carbons (Fsp3) is 0.875. The highest BCUT2D eigenvalue weighted by molar-refractivity contribution is 5.78. The maximum Gasteiger partial charge on any atom is 0.132 e. The molecular formula is C8H18N2O. The van der Waals surface area contributed by atoms with Gasteiger partial charge in [-0.05, 0) is 39.3 Å². The first-order valence-corrected chi connectivity index (χ1v) is 4.13. The van der Waals surface area contributed by atoms with E-state index in [2.05, 4.69) is 0 Å². The van der Waals surface area contributed by atoms with Gasteiger partial charge in [-0.15, -0.1) is 0 Å². The van der Waals surface area contributed by atoms with Crippen molar-refractivity contribution in [2.45, 2.75) is 26.2 Å². The van der Waals surface area contributed by atoms with Gasteiger partial charge in [-0.3, -0.25) is 4.79 Å². The molecule has 0 heterocycles. The molecule has 0 rings (SSSR count). The number of nitrogens with two attached hydrogens (primary N) is 2. The Morgan fingerprint density at radius 1 is 1.27 bits per heavy atom. The normalized spacial score (nSPS) is 13.0. The topological polar surface area (TPSA) is 69.1 Å². The van der Waals surface area contributed by atoms with E-state index >= 15 is 0 Å². The van der Waals surface area contributed by atoms with Gasteiger partial charge < -0.3 is 11.5 Å². The molecule has 66 valence electrons. The molecule has 0 amide bonds. The fourth-order valence-electron chi connectivity index (χ4n) is 1.12. The third kappa shape index (κ3) is 4.93. The number of carbonyl (C=O) groups excluding carboxylic acids is 1. The highest BCUT2D eigenvalue weighted by atomic mass is 16.1. The van der Waals surface area contributed by atoms with Crippen LogP contribution in [0.25, 0.3) is 0 Å². The molecule has 0 spiro atoms. The third-order valence-corrected chi connectivity index (χ3v) is 1.85. The van der Waals surface area contributed by atoms with Gasteiger partial charge in [0, 0.05) is 5.92 Å². The second-order valence-corrected chi connectivity index (χ2v) is 2.82. The lowest BCUT2D eigenvalue weighted by Crippen LogP contribution is -2.17. The summed E-state index contributed by atoms with van der Waals surface area (Å²) in [4.78, 5) is 10.9. The van der Waals surface area contributed by atoms with E-state index in [1.807, 2.05) is 0 Å². The van der Waals surface area contributed by atoms with E-state index in [-0.39, 0.29) is 11.7 Å². The van der Waals surface area contributed by atoms with Crippen LogP contribution in [0.3, 0.4) is 0 Å². The smallest absolute Gasteiger partial charge is 0.132 e. The van der Waals surface area contributed by atoms with Crippen molar-refractivity contribution in [2.24, 2.45) is 17.4 Å². The Morgan fingerprint density at radius 3 is 2.27 bits per heavy atom. The molecule has 0 bridgehead atoms. The van der Waals surface area contributed by atoms with Crippen LogP contribution in [0.5, 0.6) is 0 Å². The molecule has 3 heteroatoms. The summed E-state index contributed by atoms with van der Waals surface area (Å²) in [6.07, 6.45) is 2.61. The summed E-state index contributed by atoms with van der Waals surface area (Å²) in [7, 11) is 0. The second-order valence-electron chi connectivity index (χ2n) is 2.82. The first kappa shape index (κ1) is 10.6. The molecule has 0 aromatic carbocycles. The highest BCUT2D eigenvalue weighted by Gasteiger charge is 2.11. The van der Waals surface area contributed by atoms with Crippen LogP contribution in [-0.2, 0) is 4.79 Å². The van der Waals surface area contributed by atoms with Crippen LogP contribution in [-0.4, -0.2) is 18.9 Å². The number of Topliss-reactive ketones (excluding diaryl/α,β-unsaturated/α-hetero) is 1. The predicted octanol–water partition coefficient (Wildman–Crippen LogP) is 0.279. The lowest BCUT2D eigenvalue weighted by Gasteiger charge is -2.10. The van der Waals surface area contributed by atoms with E-state index < -0.39 is 0 Å². The predicted molar refractivity (Wildman–Crippen MR) is 46.1 cm³/mol. The number of ketones is 1. The third-order valence-electron chi connectivity index (χ3n) is 1.85. The standard InChI is InChI=1S/C8H18N2O/c1-7(11)8(4-6-10)3-2-5-9/h8H,2-6,9-10H2,1H3. The lowest BCUT2D eigenvalue weighted by molar-refractivity contribution is -0.121. The molecule has 0 aromatic rings. The Morgan fingerprint density at radius 2 is 1.91 bits per heavy atom. The molecule has 0 radical (unpaired) electrons. The summed E-state index contributed by atoms with van der Waals surface area (Å²) in [6.45, 7) is 2.88. The van der Waals surface area contributed by atoms with Crippen LogP contribution in [0.2, 0.25) is 0 Å². The van der Waals surface area contributed by atoms with Crippen molar-refractivity contribution in [1.29, 1.82) is 0 Å². The maximum absolute atomic E-state index is 10.9. The maximum atomic E-state index is 10.9. The first-order chi connectivity index (χ1) is 5.22. The van der Waals surface area contributed by atoms with Gasteiger partial charge in [-0.25, -0.2) is 0 Å². The molecule has 3 nitrogen and oxygen atoms in total. The van der Waals surface area contributed by atoms with Crippen LogP contribution >= 0.6 is 0 Å². The van der Waals surface area contributed by atoms with Gasteiger partial charge in [-0.1, -0.05) is 0 Å². The van der Waals surface area contributed by atoms with Crippen LogP contribution in [0.1, 0.15) is 26.2 Å². The minimum Gasteiger partial charge on any atom is -0.330 e. The minimum atomic E-state index is 0.142. The zero-order chi connectivity index (χ0) is 8.69. The summed E-state index contributed by atoms with van der Waals surface area (Å²) in [5.41, 5.74) is 10.7. The highest BCUT2D eigenvalue weighted by Crippen LogP contribution is 2.10. The summed E-state index contributed by atoms with van der Waals surface area (Å²) >= 11 is 0. The Balaban J connectivity index is 3.60. The number of carbonyl (C=O) groups is 1. The molecule has 0 fully saturated rings. The molecule has 1 atom stereocenters. The number of rotatable bonds is 6. The van der Waals surface area contributed by atoms with Crippen molar-refractivity contribution in [2.75, 3.05) is 13.1 Å². The van der Waals surface area contributed by atoms with Crippen LogP contribution in [0.4, 0.5) is 0 Å². The van der Waals surface area contributed by atoms with Gasteiger partial charge in [-0.2, -0.15) is 0 Å². The van der Waals surface area contributed by atoms with E-state index in [1.54, 1.807) is 6.92 Å². The summed E-state index contributed by atoms with van der Waals surface area (Å²) < 4.78 is 0. The molecule has 4 N–H and O–H groups in total. The average molecular weight is 158 g/mol. The minimum absolute atomic E-state index is 0.142. The van der Waals surface area contributed by atoms with Crippen LogP contribution in [0, 0.1) is 5.92 Å². The molecular weight excluding hydrogens is 140 g/mol. The van der Waals surface area contributed by atoms with Crippen molar-refractivity contribution in [3.05, 3.63) is 0 Å². The van der Waals surface area contributed by atoms with Gasteiger partial charge in [0.2, 0.25) is 0 Å². The summed E-state index contributed by atoms with van der Waals surface area (Å²) in [5.74, 6) is 0.382. The Hall–Kier alpha value is -0.410. The summed E-state index contributed by atoms with van der Waals surface area (Å²) in [6, 6.07) is 0.